The minimum Gasteiger partial charge on any atom is -0.383 e. The maximum absolute atomic E-state index is 6.02. The second-order valence-corrected chi connectivity index (χ2v) is 3.48. The van der Waals surface area contributed by atoms with E-state index in [1.165, 1.54) is 0 Å². The lowest BCUT2D eigenvalue weighted by atomic mass is 10.0. The highest BCUT2D eigenvalue weighted by Gasteiger charge is 2.08. The summed E-state index contributed by atoms with van der Waals surface area (Å²) in [5.74, 6) is 0. The summed E-state index contributed by atoms with van der Waals surface area (Å²) in [5.41, 5.74) is 8.08. The van der Waals surface area contributed by atoms with Crippen LogP contribution in [0.15, 0.2) is 36.5 Å². The zero-order valence-corrected chi connectivity index (χ0v) is 8.68. The molecular weight excluding hydrogens is 188 g/mol. The Labute approximate surface area is 88.9 Å². The molecule has 1 heterocycles. The topological polar surface area (TPSA) is 48.1 Å². The van der Waals surface area contributed by atoms with Crippen molar-refractivity contribution in [3.63, 3.8) is 0 Å². The fourth-order valence-corrected chi connectivity index (χ4v) is 1.72. The van der Waals surface area contributed by atoms with Crippen LogP contribution in [0, 0.1) is 0 Å². The molecule has 2 aromatic rings. The largest absolute Gasteiger partial charge is 0.383 e. The lowest BCUT2D eigenvalue weighted by molar-refractivity contribution is 0.181. The fraction of sp³-hybridized carbons (Fsp3) is 0.250. The Morgan fingerprint density at radius 2 is 2.20 bits per heavy atom. The molecule has 0 saturated heterocycles. The number of hydrogen-bond acceptors (Lipinski definition) is 3. The van der Waals surface area contributed by atoms with Crippen LogP contribution in [-0.2, 0) is 4.74 Å². The van der Waals surface area contributed by atoms with Crippen LogP contribution in [0.1, 0.15) is 11.6 Å². The van der Waals surface area contributed by atoms with Gasteiger partial charge in [-0.2, -0.15) is 0 Å². The van der Waals surface area contributed by atoms with Crippen LogP contribution in [0.4, 0.5) is 0 Å². The van der Waals surface area contributed by atoms with Crippen LogP contribution in [0.2, 0.25) is 0 Å². The number of pyridine rings is 1. The van der Waals surface area contributed by atoms with Gasteiger partial charge in [0, 0.05) is 18.7 Å². The minimum absolute atomic E-state index is 0.0945. The molecule has 0 amide bonds. The van der Waals surface area contributed by atoms with Crippen LogP contribution in [0.3, 0.4) is 0 Å². The summed E-state index contributed by atoms with van der Waals surface area (Å²) in [7, 11) is 1.66. The summed E-state index contributed by atoms with van der Waals surface area (Å²) in [6, 6.07) is 9.84. The smallest absolute Gasteiger partial charge is 0.0705 e. The molecule has 78 valence electrons. The van der Waals surface area contributed by atoms with Gasteiger partial charge in [-0.25, -0.2) is 0 Å². The molecule has 1 aromatic carbocycles. The summed E-state index contributed by atoms with van der Waals surface area (Å²) in [6.45, 7) is 0.522. The van der Waals surface area contributed by atoms with Gasteiger partial charge in [0.15, 0.2) is 0 Å². The van der Waals surface area contributed by atoms with E-state index in [2.05, 4.69) is 4.98 Å². The van der Waals surface area contributed by atoms with Crippen molar-refractivity contribution in [2.75, 3.05) is 13.7 Å². The van der Waals surface area contributed by atoms with E-state index in [1.54, 1.807) is 13.3 Å². The third-order valence-electron chi connectivity index (χ3n) is 2.43. The molecule has 0 radical (unpaired) electrons. The van der Waals surface area contributed by atoms with Crippen molar-refractivity contribution in [1.29, 1.82) is 0 Å². The van der Waals surface area contributed by atoms with Crippen molar-refractivity contribution in [2.24, 2.45) is 5.73 Å². The van der Waals surface area contributed by atoms with E-state index >= 15 is 0 Å². The van der Waals surface area contributed by atoms with E-state index in [1.807, 2.05) is 30.3 Å². The number of hydrogen-bond donors (Lipinski definition) is 1. The predicted octanol–water partition coefficient (Wildman–Crippen LogP) is 1.88. The Morgan fingerprint density at radius 3 is 3.00 bits per heavy atom. The van der Waals surface area contributed by atoms with Gasteiger partial charge in [0.1, 0.15) is 0 Å². The molecule has 1 aromatic heterocycles. The second kappa shape index (κ2) is 4.38. The molecule has 15 heavy (non-hydrogen) atoms. The average Bonchev–Trinajstić information content (AvgIpc) is 2.28. The maximum Gasteiger partial charge on any atom is 0.0705 e. The zero-order valence-electron chi connectivity index (χ0n) is 8.68. The van der Waals surface area contributed by atoms with Crippen LogP contribution in [0.5, 0.6) is 0 Å². The third-order valence-corrected chi connectivity index (χ3v) is 2.43. The number of nitrogens with two attached hydrogens (primary N) is 1. The summed E-state index contributed by atoms with van der Waals surface area (Å²) in [5, 5.41) is 1.10. The molecule has 0 aliphatic heterocycles. The minimum atomic E-state index is -0.0945. The van der Waals surface area contributed by atoms with Crippen LogP contribution in [-0.4, -0.2) is 18.7 Å². The van der Waals surface area contributed by atoms with E-state index in [9.17, 15) is 0 Å². The van der Waals surface area contributed by atoms with Gasteiger partial charge in [-0.1, -0.05) is 18.2 Å². The SMILES string of the molecule is COCC(N)c1cccc2ncccc12. The molecule has 0 spiro atoms. The van der Waals surface area contributed by atoms with Gasteiger partial charge in [0.2, 0.25) is 0 Å². The highest BCUT2D eigenvalue weighted by Crippen LogP contribution is 2.21. The van der Waals surface area contributed by atoms with Crippen molar-refractivity contribution in [1.82, 2.24) is 4.98 Å². The molecule has 1 unspecified atom stereocenters. The van der Waals surface area contributed by atoms with Gasteiger partial charge in [-0.15, -0.1) is 0 Å². The van der Waals surface area contributed by atoms with Crippen molar-refractivity contribution in [2.45, 2.75) is 6.04 Å². The van der Waals surface area contributed by atoms with Crippen molar-refractivity contribution in [3.8, 4) is 0 Å². The first kappa shape index (κ1) is 10.1. The molecule has 0 fully saturated rings. The number of fused-ring (bicyclic) bond motifs is 1. The molecule has 0 saturated carbocycles. The Balaban J connectivity index is 2.50. The number of benzene rings is 1. The van der Waals surface area contributed by atoms with Crippen molar-refractivity contribution in [3.05, 3.63) is 42.1 Å². The molecule has 3 nitrogen and oxygen atoms in total. The van der Waals surface area contributed by atoms with E-state index in [4.69, 9.17) is 10.5 Å². The molecule has 3 heteroatoms. The second-order valence-electron chi connectivity index (χ2n) is 3.48. The first-order valence-electron chi connectivity index (χ1n) is 4.91. The summed E-state index contributed by atoms with van der Waals surface area (Å²) >= 11 is 0. The lowest BCUT2D eigenvalue weighted by Crippen LogP contribution is -2.16. The summed E-state index contributed by atoms with van der Waals surface area (Å²) < 4.78 is 5.06. The molecule has 0 aliphatic carbocycles. The Morgan fingerprint density at radius 1 is 1.33 bits per heavy atom. The average molecular weight is 202 g/mol. The molecule has 0 aliphatic rings. The van der Waals surface area contributed by atoms with Gasteiger partial charge < -0.3 is 10.5 Å². The molecule has 2 rings (SSSR count). The van der Waals surface area contributed by atoms with Gasteiger partial charge in [0.25, 0.3) is 0 Å². The van der Waals surface area contributed by atoms with Gasteiger partial charge >= 0.3 is 0 Å². The standard InChI is InChI=1S/C12H14N2O/c1-15-8-11(13)9-4-2-6-12-10(9)5-3-7-14-12/h2-7,11H,8,13H2,1H3. The van der Waals surface area contributed by atoms with Crippen LogP contribution >= 0.6 is 0 Å². The highest BCUT2D eigenvalue weighted by atomic mass is 16.5. The first-order valence-corrected chi connectivity index (χ1v) is 4.91. The predicted molar refractivity (Wildman–Crippen MR) is 60.5 cm³/mol. The fourth-order valence-electron chi connectivity index (χ4n) is 1.72. The molecule has 2 N–H and O–H groups in total. The van der Waals surface area contributed by atoms with Crippen molar-refractivity contribution >= 4 is 10.9 Å². The number of rotatable bonds is 3. The number of methoxy groups -OCH3 is 1. The van der Waals surface area contributed by atoms with E-state index in [0.717, 1.165) is 16.5 Å². The monoisotopic (exact) mass is 202 g/mol. The molecule has 1 atom stereocenters. The van der Waals surface area contributed by atoms with Crippen LogP contribution < -0.4 is 5.73 Å². The van der Waals surface area contributed by atoms with Gasteiger partial charge in [-0.3, -0.25) is 4.98 Å². The third kappa shape index (κ3) is 1.98. The van der Waals surface area contributed by atoms with Gasteiger partial charge in [0.05, 0.1) is 18.2 Å². The summed E-state index contributed by atoms with van der Waals surface area (Å²) in [6.07, 6.45) is 1.79. The Bertz CT molecular complexity index is 451. The van der Waals surface area contributed by atoms with E-state index in [0.29, 0.717) is 6.61 Å². The number of nitrogens with zero attached hydrogens (tertiary/aromatic N) is 1. The molecular formula is C12H14N2O. The summed E-state index contributed by atoms with van der Waals surface area (Å²) in [4.78, 5) is 4.29. The van der Waals surface area contributed by atoms with Crippen molar-refractivity contribution < 1.29 is 4.74 Å². The zero-order chi connectivity index (χ0) is 10.7. The van der Waals surface area contributed by atoms with Crippen LogP contribution in [0.25, 0.3) is 10.9 Å². The number of aromatic nitrogens is 1. The highest BCUT2D eigenvalue weighted by molar-refractivity contribution is 5.82. The van der Waals surface area contributed by atoms with E-state index in [-0.39, 0.29) is 6.04 Å². The normalized spacial score (nSPS) is 12.9. The first-order chi connectivity index (χ1) is 7.33. The Hall–Kier alpha value is -1.45. The van der Waals surface area contributed by atoms with E-state index < -0.39 is 0 Å². The quantitative estimate of drug-likeness (QED) is 0.826. The van der Waals surface area contributed by atoms with Gasteiger partial charge in [-0.05, 0) is 17.7 Å². The molecule has 0 bridgehead atoms. The lowest BCUT2D eigenvalue weighted by Gasteiger charge is -2.13. The Kier molecular flexibility index (Phi) is 2.94. The maximum atomic E-state index is 6.02. The number of ether oxygens (including phenoxy) is 1.